The van der Waals surface area contributed by atoms with E-state index in [0.717, 1.165) is 11.3 Å². The molecule has 9 heteroatoms. The fourth-order valence-corrected chi connectivity index (χ4v) is 4.05. The molecule has 176 valence electrons. The smallest absolute Gasteiger partial charge is 0.260 e. The van der Waals surface area contributed by atoms with Crippen LogP contribution in [0.1, 0.15) is 53.8 Å². The monoisotopic (exact) mass is 477 g/mol. The van der Waals surface area contributed by atoms with E-state index >= 15 is 0 Å². The summed E-state index contributed by atoms with van der Waals surface area (Å²) in [5, 5.41) is 12.7. The SMILES string of the molecule is Cc1occc1C(=O)Nc1nc(CC(=O)Nc2cc(C(C)(C)C)nn2Cc2ccccc2)cs1. The van der Waals surface area contributed by atoms with E-state index < -0.39 is 0 Å². The van der Waals surface area contributed by atoms with Gasteiger partial charge in [-0.05, 0) is 18.6 Å². The molecule has 0 aliphatic carbocycles. The molecule has 2 N–H and O–H groups in total. The minimum Gasteiger partial charge on any atom is -0.469 e. The van der Waals surface area contributed by atoms with Crippen LogP contribution < -0.4 is 10.6 Å². The van der Waals surface area contributed by atoms with E-state index in [1.165, 1.54) is 17.6 Å². The molecule has 0 spiro atoms. The first-order valence-corrected chi connectivity index (χ1v) is 11.8. The van der Waals surface area contributed by atoms with Crippen LogP contribution in [0.25, 0.3) is 0 Å². The molecule has 0 radical (unpaired) electrons. The number of thiazole rings is 1. The third-order valence-corrected chi connectivity index (χ3v) is 6.01. The normalized spacial score (nSPS) is 11.4. The molecule has 0 aliphatic heterocycles. The summed E-state index contributed by atoms with van der Waals surface area (Å²) in [6, 6.07) is 13.5. The van der Waals surface area contributed by atoms with Gasteiger partial charge in [0.25, 0.3) is 5.91 Å². The molecule has 3 aromatic heterocycles. The van der Waals surface area contributed by atoms with Crippen LogP contribution in [0.2, 0.25) is 0 Å². The van der Waals surface area contributed by atoms with Gasteiger partial charge in [-0.3, -0.25) is 14.9 Å². The van der Waals surface area contributed by atoms with Crippen LogP contribution in [-0.4, -0.2) is 26.6 Å². The number of aryl methyl sites for hydroxylation is 1. The maximum absolute atomic E-state index is 12.8. The number of hydrogen-bond donors (Lipinski definition) is 2. The molecular weight excluding hydrogens is 450 g/mol. The molecule has 0 aliphatic rings. The maximum Gasteiger partial charge on any atom is 0.260 e. The maximum atomic E-state index is 12.8. The predicted octanol–water partition coefficient (Wildman–Crippen LogP) is 5.02. The zero-order valence-electron chi connectivity index (χ0n) is 19.6. The Balaban J connectivity index is 1.44. The van der Waals surface area contributed by atoms with E-state index in [4.69, 9.17) is 9.52 Å². The summed E-state index contributed by atoms with van der Waals surface area (Å²) in [6.45, 7) is 8.53. The Morgan fingerprint density at radius 3 is 2.56 bits per heavy atom. The van der Waals surface area contributed by atoms with Gasteiger partial charge in [-0.15, -0.1) is 11.3 Å². The number of nitrogens with one attached hydrogen (secondary N) is 2. The first-order valence-electron chi connectivity index (χ1n) is 10.9. The highest BCUT2D eigenvalue weighted by molar-refractivity contribution is 7.14. The topological polar surface area (TPSA) is 102 Å². The van der Waals surface area contributed by atoms with Crippen molar-refractivity contribution < 1.29 is 14.0 Å². The van der Waals surface area contributed by atoms with E-state index in [1.807, 2.05) is 41.1 Å². The molecule has 0 saturated heterocycles. The van der Waals surface area contributed by atoms with Crippen molar-refractivity contribution in [1.29, 1.82) is 0 Å². The zero-order chi connectivity index (χ0) is 24.3. The Morgan fingerprint density at radius 1 is 1.12 bits per heavy atom. The van der Waals surface area contributed by atoms with Crippen LogP contribution >= 0.6 is 11.3 Å². The fraction of sp³-hybridized carbons (Fsp3) is 0.280. The fourth-order valence-electron chi connectivity index (χ4n) is 3.34. The van der Waals surface area contributed by atoms with Crippen molar-refractivity contribution in [3.63, 3.8) is 0 Å². The van der Waals surface area contributed by atoms with Crippen molar-refractivity contribution in [3.8, 4) is 0 Å². The molecule has 2 amide bonds. The van der Waals surface area contributed by atoms with Gasteiger partial charge in [-0.25, -0.2) is 9.67 Å². The Labute approximate surface area is 202 Å². The number of rotatable bonds is 7. The number of aromatic nitrogens is 3. The number of hydrogen-bond acceptors (Lipinski definition) is 6. The van der Waals surface area contributed by atoms with Crippen molar-refractivity contribution >= 4 is 34.1 Å². The van der Waals surface area contributed by atoms with Crippen LogP contribution in [0.5, 0.6) is 0 Å². The highest BCUT2D eigenvalue weighted by Gasteiger charge is 2.21. The van der Waals surface area contributed by atoms with Gasteiger partial charge in [0.2, 0.25) is 5.91 Å². The van der Waals surface area contributed by atoms with Crippen LogP contribution in [0, 0.1) is 6.92 Å². The number of anilines is 2. The summed E-state index contributed by atoms with van der Waals surface area (Å²) in [5.41, 5.74) is 2.86. The minimum atomic E-state index is -0.295. The van der Waals surface area contributed by atoms with Gasteiger partial charge >= 0.3 is 0 Å². The van der Waals surface area contributed by atoms with Gasteiger partial charge in [0, 0.05) is 16.9 Å². The van der Waals surface area contributed by atoms with E-state index in [9.17, 15) is 9.59 Å². The lowest BCUT2D eigenvalue weighted by atomic mass is 9.92. The van der Waals surface area contributed by atoms with Gasteiger partial charge < -0.3 is 9.73 Å². The molecule has 34 heavy (non-hydrogen) atoms. The van der Waals surface area contributed by atoms with Crippen LogP contribution in [-0.2, 0) is 23.2 Å². The molecule has 0 unspecified atom stereocenters. The van der Waals surface area contributed by atoms with E-state index in [-0.39, 0.29) is 23.7 Å². The third-order valence-electron chi connectivity index (χ3n) is 5.21. The molecule has 1 aromatic carbocycles. The lowest BCUT2D eigenvalue weighted by Crippen LogP contribution is -2.18. The molecule has 4 aromatic rings. The Morgan fingerprint density at radius 2 is 1.88 bits per heavy atom. The predicted molar refractivity (Wildman–Crippen MR) is 132 cm³/mol. The summed E-state index contributed by atoms with van der Waals surface area (Å²) < 4.78 is 6.98. The highest BCUT2D eigenvalue weighted by Crippen LogP contribution is 2.25. The first-order chi connectivity index (χ1) is 16.2. The van der Waals surface area contributed by atoms with Crippen LogP contribution in [0.3, 0.4) is 0 Å². The summed E-state index contributed by atoms with van der Waals surface area (Å²) in [5.74, 6) is 0.674. The number of carbonyl (C=O) groups is 2. The minimum absolute atomic E-state index is 0.0818. The second-order valence-electron chi connectivity index (χ2n) is 9.02. The molecule has 0 atom stereocenters. The van der Waals surface area contributed by atoms with Crippen molar-refractivity contribution in [2.45, 2.75) is 46.1 Å². The second kappa shape index (κ2) is 9.64. The van der Waals surface area contributed by atoms with Crippen molar-refractivity contribution in [2.24, 2.45) is 0 Å². The van der Waals surface area contributed by atoms with Crippen LogP contribution in [0.15, 0.2) is 58.5 Å². The molecular formula is C25H27N5O3S. The lowest BCUT2D eigenvalue weighted by molar-refractivity contribution is -0.115. The Bertz CT molecular complexity index is 1300. The second-order valence-corrected chi connectivity index (χ2v) is 9.88. The number of carbonyl (C=O) groups excluding carboxylic acids is 2. The van der Waals surface area contributed by atoms with Gasteiger partial charge in [0.15, 0.2) is 5.13 Å². The molecule has 0 bridgehead atoms. The third kappa shape index (κ3) is 5.60. The molecule has 3 heterocycles. The Kier molecular flexibility index (Phi) is 6.65. The first kappa shape index (κ1) is 23.4. The van der Waals surface area contributed by atoms with E-state index in [0.29, 0.717) is 34.5 Å². The standard InChI is InChI=1S/C25H27N5O3S/c1-16-19(10-11-33-16)23(32)28-24-26-18(15-34-24)12-22(31)27-21-13-20(25(2,3)4)29-30(21)14-17-8-6-5-7-9-17/h5-11,13,15H,12,14H2,1-4H3,(H,27,31)(H,26,28,32). The van der Waals surface area contributed by atoms with Gasteiger partial charge in [-0.2, -0.15) is 5.10 Å². The Hall–Kier alpha value is -3.72. The van der Waals surface area contributed by atoms with Gasteiger partial charge in [0.05, 0.1) is 36.2 Å². The summed E-state index contributed by atoms with van der Waals surface area (Å²) in [7, 11) is 0. The molecule has 0 fully saturated rings. The average molecular weight is 478 g/mol. The average Bonchev–Trinajstić information content (AvgIpc) is 3.49. The highest BCUT2D eigenvalue weighted by atomic mass is 32.1. The molecule has 4 rings (SSSR count). The summed E-state index contributed by atoms with van der Waals surface area (Å²) in [4.78, 5) is 29.5. The lowest BCUT2D eigenvalue weighted by Gasteiger charge is -2.14. The molecule has 8 nitrogen and oxygen atoms in total. The van der Waals surface area contributed by atoms with Crippen LogP contribution in [0.4, 0.5) is 10.9 Å². The quantitative estimate of drug-likeness (QED) is 0.389. The van der Waals surface area contributed by atoms with E-state index in [1.54, 1.807) is 18.4 Å². The zero-order valence-corrected chi connectivity index (χ0v) is 20.4. The van der Waals surface area contributed by atoms with Gasteiger partial charge in [-0.1, -0.05) is 51.1 Å². The largest absolute Gasteiger partial charge is 0.469 e. The summed E-state index contributed by atoms with van der Waals surface area (Å²) >= 11 is 1.27. The van der Waals surface area contributed by atoms with Crippen molar-refractivity contribution in [3.05, 3.63) is 82.4 Å². The number of furan rings is 1. The number of benzene rings is 1. The van der Waals surface area contributed by atoms with Crippen molar-refractivity contribution in [2.75, 3.05) is 10.6 Å². The van der Waals surface area contributed by atoms with Gasteiger partial charge in [0.1, 0.15) is 11.6 Å². The van der Waals surface area contributed by atoms with E-state index in [2.05, 4.69) is 36.4 Å². The summed E-state index contributed by atoms with van der Waals surface area (Å²) in [6.07, 6.45) is 1.55. The number of nitrogens with zero attached hydrogens (tertiary/aromatic N) is 3. The number of amides is 2. The van der Waals surface area contributed by atoms with Crippen molar-refractivity contribution in [1.82, 2.24) is 14.8 Å². The molecule has 0 saturated carbocycles.